The number of carbonyl (C=O) groups excluding carboxylic acids is 2. The summed E-state index contributed by atoms with van der Waals surface area (Å²) >= 11 is 0. The highest BCUT2D eigenvalue weighted by Gasteiger charge is 2.41. The van der Waals surface area contributed by atoms with E-state index >= 15 is 0 Å². The van der Waals surface area contributed by atoms with Crippen LogP contribution in [0.5, 0.6) is 0 Å². The van der Waals surface area contributed by atoms with Crippen LogP contribution in [0.2, 0.25) is 0 Å². The van der Waals surface area contributed by atoms with Crippen molar-refractivity contribution in [3.8, 4) is 0 Å². The molecule has 6 nitrogen and oxygen atoms in total. The summed E-state index contributed by atoms with van der Waals surface area (Å²) in [6, 6.07) is 5.32. The van der Waals surface area contributed by atoms with E-state index in [0.717, 1.165) is 5.56 Å². The third-order valence-corrected chi connectivity index (χ3v) is 3.31. The second kappa shape index (κ2) is 4.72. The van der Waals surface area contributed by atoms with E-state index in [1.807, 2.05) is 0 Å². The first-order valence-corrected chi connectivity index (χ1v) is 5.86. The largest absolute Gasteiger partial charge is 0.480 e. The van der Waals surface area contributed by atoms with Gasteiger partial charge in [-0.2, -0.15) is 0 Å². The monoisotopic (exact) mass is 262 g/mol. The number of amides is 2. The van der Waals surface area contributed by atoms with E-state index in [4.69, 9.17) is 5.73 Å². The van der Waals surface area contributed by atoms with Crippen LogP contribution in [0.15, 0.2) is 24.3 Å². The first kappa shape index (κ1) is 13.1. The van der Waals surface area contributed by atoms with Gasteiger partial charge in [-0.25, -0.2) is 4.79 Å². The summed E-state index contributed by atoms with van der Waals surface area (Å²) in [6.45, 7) is 1.74. The van der Waals surface area contributed by atoms with Crippen LogP contribution >= 0.6 is 0 Å². The van der Waals surface area contributed by atoms with Crippen LogP contribution in [-0.4, -0.2) is 33.8 Å². The van der Waals surface area contributed by atoms with Gasteiger partial charge >= 0.3 is 5.97 Å². The summed E-state index contributed by atoms with van der Waals surface area (Å²) in [7, 11) is 0. The summed E-state index contributed by atoms with van der Waals surface area (Å²) in [5, 5.41) is 9.20. The number of rotatable bonds is 4. The molecule has 0 fully saturated rings. The Kier molecular flexibility index (Phi) is 3.25. The Labute approximate surface area is 109 Å². The normalized spacial score (nSPS) is 19.1. The van der Waals surface area contributed by atoms with E-state index < -0.39 is 17.9 Å². The SMILES string of the molecule is CC1c2ccccc2C(=O)N1C(CC(N)=O)C(=O)O. The molecular formula is C13H14N2O4. The Morgan fingerprint density at radius 1 is 1.42 bits per heavy atom. The minimum Gasteiger partial charge on any atom is -0.480 e. The third-order valence-electron chi connectivity index (χ3n) is 3.31. The minimum atomic E-state index is -1.23. The molecule has 1 aromatic carbocycles. The quantitative estimate of drug-likeness (QED) is 0.826. The molecule has 1 aliphatic rings. The van der Waals surface area contributed by atoms with Crippen LogP contribution in [0.3, 0.4) is 0 Å². The number of carboxylic acid groups (broad SMARTS) is 1. The lowest BCUT2D eigenvalue weighted by Gasteiger charge is -2.28. The van der Waals surface area contributed by atoms with Crippen LogP contribution in [0.1, 0.15) is 35.3 Å². The van der Waals surface area contributed by atoms with Crippen LogP contribution in [0.25, 0.3) is 0 Å². The second-order valence-electron chi connectivity index (χ2n) is 4.50. The van der Waals surface area contributed by atoms with Crippen LogP contribution < -0.4 is 5.73 Å². The molecule has 3 N–H and O–H groups in total. The van der Waals surface area contributed by atoms with Gasteiger partial charge in [-0.05, 0) is 18.6 Å². The molecule has 100 valence electrons. The van der Waals surface area contributed by atoms with Gasteiger partial charge in [0.25, 0.3) is 5.91 Å². The van der Waals surface area contributed by atoms with Gasteiger partial charge < -0.3 is 15.7 Å². The molecule has 0 radical (unpaired) electrons. The highest BCUT2D eigenvalue weighted by Crippen LogP contribution is 2.35. The van der Waals surface area contributed by atoms with Gasteiger partial charge in [-0.3, -0.25) is 9.59 Å². The Morgan fingerprint density at radius 3 is 2.58 bits per heavy atom. The molecule has 19 heavy (non-hydrogen) atoms. The zero-order chi connectivity index (χ0) is 14.2. The van der Waals surface area contributed by atoms with E-state index in [-0.39, 0.29) is 18.4 Å². The lowest BCUT2D eigenvalue weighted by molar-refractivity contribution is -0.144. The van der Waals surface area contributed by atoms with E-state index in [0.29, 0.717) is 5.56 Å². The number of hydrogen-bond acceptors (Lipinski definition) is 3. The van der Waals surface area contributed by atoms with Crippen LogP contribution in [0, 0.1) is 0 Å². The average molecular weight is 262 g/mol. The molecular weight excluding hydrogens is 248 g/mol. The second-order valence-corrected chi connectivity index (χ2v) is 4.50. The molecule has 0 aliphatic carbocycles. The van der Waals surface area contributed by atoms with Crippen molar-refractivity contribution in [3.05, 3.63) is 35.4 Å². The Hall–Kier alpha value is -2.37. The standard InChI is InChI=1S/C13H14N2O4/c1-7-8-4-2-3-5-9(8)12(17)15(7)10(13(18)19)6-11(14)16/h2-5,7,10H,6H2,1H3,(H2,14,16)(H,18,19). The van der Waals surface area contributed by atoms with Crippen molar-refractivity contribution in [3.63, 3.8) is 0 Å². The third kappa shape index (κ3) is 2.16. The predicted molar refractivity (Wildman–Crippen MR) is 66.3 cm³/mol. The molecule has 2 rings (SSSR count). The number of nitrogens with zero attached hydrogens (tertiary/aromatic N) is 1. The topological polar surface area (TPSA) is 101 Å². The van der Waals surface area contributed by atoms with E-state index in [1.54, 1.807) is 31.2 Å². The molecule has 0 saturated carbocycles. The lowest BCUT2D eigenvalue weighted by atomic mass is 10.1. The van der Waals surface area contributed by atoms with Gasteiger partial charge in [-0.1, -0.05) is 18.2 Å². The first-order valence-electron chi connectivity index (χ1n) is 5.86. The molecule has 1 aliphatic heterocycles. The van der Waals surface area contributed by atoms with Crippen molar-refractivity contribution in [1.82, 2.24) is 4.90 Å². The average Bonchev–Trinajstić information content (AvgIpc) is 2.60. The number of carboxylic acids is 1. The molecule has 2 amide bonds. The summed E-state index contributed by atoms with van der Waals surface area (Å²) in [4.78, 5) is 35.7. The number of nitrogens with two attached hydrogens (primary N) is 1. The predicted octanol–water partition coefficient (Wildman–Crippen LogP) is 0.532. The van der Waals surface area contributed by atoms with Gasteiger partial charge in [0.2, 0.25) is 5.91 Å². The number of benzene rings is 1. The number of primary amides is 1. The number of aliphatic carboxylic acids is 1. The fourth-order valence-corrected chi connectivity index (χ4v) is 2.43. The molecule has 0 aromatic heterocycles. The summed E-state index contributed by atoms with van der Waals surface area (Å²) in [6.07, 6.45) is -0.389. The molecule has 2 unspecified atom stereocenters. The zero-order valence-corrected chi connectivity index (χ0v) is 10.4. The molecule has 2 atom stereocenters. The maximum atomic E-state index is 12.2. The number of carbonyl (C=O) groups is 3. The van der Waals surface area contributed by atoms with Gasteiger partial charge in [0.15, 0.2) is 0 Å². The highest BCUT2D eigenvalue weighted by atomic mass is 16.4. The summed E-state index contributed by atoms with van der Waals surface area (Å²) in [5.74, 6) is -2.35. The fraction of sp³-hybridized carbons (Fsp3) is 0.308. The minimum absolute atomic E-state index is 0.378. The fourth-order valence-electron chi connectivity index (χ4n) is 2.43. The molecule has 1 heterocycles. The molecule has 6 heteroatoms. The van der Waals surface area contributed by atoms with E-state index in [1.165, 1.54) is 4.90 Å². The van der Waals surface area contributed by atoms with Crippen molar-refractivity contribution >= 4 is 17.8 Å². The van der Waals surface area contributed by atoms with Gasteiger partial charge in [-0.15, -0.1) is 0 Å². The Morgan fingerprint density at radius 2 is 2.05 bits per heavy atom. The van der Waals surface area contributed by atoms with Crippen LogP contribution in [-0.2, 0) is 9.59 Å². The van der Waals surface area contributed by atoms with E-state index in [9.17, 15) is 19.5 Å². The maximum absolute atomic E-state index is 12.2. The van der Waals surface area contributed by atoms with Gasteiger partial charge in [0.1, 0.15) is 6.04 Å². The molecule has 0 bridgehead atoms. The van der Waals surface area contributed by atoms with Gasteiger partial charge in [0, 0.05) is 5.56 Å². The van der Waals surface area contributed by atoms with Crippen molar-refractivity contribution in [1.29, 1.82) is 0 Å². The van der Waals surface area contributed by atoms with E-state index in [2.05, 4.69) is 0 Å². The summed E-state index contributed by atoms with van der Waals surface area (Å²) in [5.41, 5.74) is 6.30. The Balaban J connectivity index is 2.39. The maximum Gasteiger partial charge on any atom is 0.326 e. The lowest BCUT2D eigenvalue weighted by Crippen LogP contribution is -2.45. The molecule has 0 spiro atoms. The zero-order valence-electron chi connectivity index (χ0n) is 10.4. The smallest absolute Gasteiger partial charge is 0.326 e. The van der Waals surface area contributed by atoms with Crippen molar-refractivity contribution < 1.29 is 19.5 Å². The first-order chi connectivity index (χ1) is 8.93. The number of fused-ring (bicyclic) bond motifs is 1. The summed E-state index contributed by atoms with van der Waals surface area (Å²) < 4.78 is 0. The van der Waals surface area contributed by atoms with Crippen molar-refractivity contribution in [2.75, 3.05) is 0 Å². The van der Waals surface area contributed by atoms with Crippen molar-refractivity contribution in [2.45, 2.75) is 25.4 Å². The van der Waals surface area contributed by atoms with Crippen LogP contribution in [0.4, 0.5) is 0 Å². The molecule has 0 saturated heterocycles. The molecule has 1 aromatic rings. The highest BCUT2D eigenvalue weighted by molar-refractivity contribution is 6.01. The Bertz CT molecular complexity index is 555. The van der Waals surface area contributed by atoms with Gasteiger partial charge in [0.05, 0.1) is 12.5 Å². The van der Waals surface area contributed by atoms with Crippen molar-refractivity contribution in [2.24, 2.45) is 5.73 Å². The number of hydrogen-bond donors (Lipinski definition) is 2.